The molecule has 0 spiro atoms. The Morgan fingerprint density at radius 3 is 2.80 bits per heavy atom. The number of aryl methyl sites for hydroxylation is 2. The first-order valence-electron chi connectivity index (χ1n) is 5.90. The van der Waals surface area contributed by atoms with Crippen molar-refractivity contribution >= 4 is 11.6 Å². The number of amides is 1. The van der Waals surface area contributed by atoms with Crippen LogP contribution in [0.25, 0.3) is 0 Å². The summed E-state index contributed by atoms with van der Waals surface area (Å²) in [5.74, 6) is -3.05. The third-order valence-corrected chi connectivity index (χ3v) is 2.82. The summed E-state index contributed by atoms with van der Waals surface area (Å²) in [6.45, 7) is 0. The second-order valence-corrected chi connectivity index (χ2v) is 4.33. The topological polar surface area (TPSA) is 67.2 Å². The summed E-state index contributed by atoms with van der Waals surface area (Å²) in [7, 11) is 1.80. The third kappa shape index (κ3) is 3.11. The van der Waals surface area contributed by atoms with E-state index >= 15 is 0 Å². The Morgan fingerprint density at radius 2 is 2.20 bits per heavy atom. The van der Waals surface area contributed by atoms with E-state index in [1.54, 1.807) is 24.1 Å². The van der Waals surface area contributed by atoms with E-state index in [9.17, 15) is 18.7 Å². The van der Waals surface area contributed by atoms with Crippen LogP contribution >= 0.6 is 0 Å². The average Bonchev–Trinajstić information content (AvgIpc) is 2.77. The number of aromatic nitrogens is 2. The molecule has 0 saturated heterocycles. The predicted octanol–water partition coefficient (Wildman–Crippen LogP) is 1.98. The Balaban J connectivity index is 2.00. The molecular weight excluding hydrogens is 268 g/mol. The standard InChI is InChI=1S/C13H13F2N3O2/c1-18-7-16-6-9(18)2-3-12(20)17-13-10(15)4-8(14)5-11(13)19/h4-7,19H,2-3H2,1H3,(H,17,20). The fourth-order valence-electron chi connectivity index (χ4n) is 1.75. The fraction of sp³-hybridized carbons (Fsp3) is 0.231. The van der Waals surface area contributed by atoms with E-state index in [1.165, 1.54) is 0 Å². The molecule has 2 N–H and O–H groups in total. The number of imidazole rings is 1. The Labute approximate surface area is 113 Å². The first-order chi connectivity index (χ1) is 9.47. The molecule has 0 bridgehead atoms. The van der Waals surface area contributed by atoms with E-state index in [4.69, 9.17) is 0 Å². The number of hydrogen-bond acceptors (Lipinski definition) is 3. The van der Waals surface area contributed by atoms with Crippen molar-refractivity contribution in [3.8, 4) is 5.75 Å². The summed E-state index contributed by atoms with van der Waals surface area (Å²) in [6, 6.07) is 1.33. The Morgan fingerprint density at radius 1 is 1.45 bits per heavy atom. The van der Waals surface area contributed by atoms with E-state index in [0.717, 1.165) is 11.8 Å². The number of hydrogen-bond donors (Lipinski definition) is 2. The number of carbonyl (C=O) groups is 1. The summed E-state index contributed by atoms with van der Waals surface area (Å²) >= 11 is 0. The normalized spacial score (nSPS) is 10.6. The van der Waals surface area contributed by atoms with Gasteiger partial charge in [-0.05, 0) is 6.42 Å². The van der Waals surface area contributed by atoms with Crippen LogP contribution in [-0.4, -0.2) is 20.6 Å². The molecule has 5 nitrogen and oxygen atoms in total. The molecule has 7 heteroatoms. The lowest BCUT2D eigenvalue weighted by Gasteiger charge is -2.08. The maximum Gasteiger partial charge on any atom is 0.224 e. The van der Waals surface area contributed by atoms with Gasteiger partial charge in [0.15, 0.2) is 5.82 Å². The molecule has 2 rings (SSSR count). The minimum atomic E-state index is -1.02. The molecule has 0 radical (unpaired) electrons. The molecule has 0 saturated carbocycles. The van der Waals surface area contributed by atoms with Gasteiger partial charge >= 0.3 is 0 Å². The van der Waals surface area contributed by atoms with Gasteiger partial charge in [0.25, 0.3) is 0 Å². The van der Waals surface area contributed by atoms with Crippen molar-refractivity contribution in [2.24, 2.45) is 7.05 Å². The monoisotopic (exact) mass is 281 g/mol. The number of benzene rings is 1. The van der Waals surface area contributed by atoms with Gasteiger partial charge in [0.1, 0.15) is 17.3 Å². The molecule has 1 heterocycles. The lowest BCUT2D eigenvalue weighted by atomic mass is 10.2. The molecule has 1 aromatic carbocycles. The quantitative estimate of drug-likeness (QED) is 0.842. The zero-order valence-electron chi connectivity index (χ0n) is 10.7. The van der Waals surface area contributed by atoms with Gasteiger partial charge in [0.2, 0.25) is 5.91 Å². The first-order valence-corrected chi connectivity index (χ1v) is 5.90. The van der Waals surface area contributed by atoms with Crippen molar-refractivity contribution in [1.29, 1.82) is 0 Å². The van der Waals surface area contributed by atoms with Crippen LogP contribution in [0, 0.1) is 11.6 Å². The van der Waals surface area contributed by atoms with Gasteiger partial charge in [-0.15, -0.1) is 0 Å². The van der Waals surface area contributed by atoms with E-state index in [2.05, 4.69) is 10.3 Å². The van der Waals surface area contributed by atoms with Crippen LogP contribution in [0.1, 0.15) is 12.1 Å². The van der Waals surface area contributed by atoms with Crippen LogP contribution in [0.4, 0.5) is 14.5 Å². The van der Waals surface area contributed by atoms with Crippen molar-refractivity contribution in [2.45, 2.75) is 12.8 Å². The lowest BCUT2D eigenvalue weighted by Crippen LogP contribution is -2.14. The number of nitrogens with one attached hydrogen (secondary N) is 1. The van der Waals surface area contributed by atoms with Crippen LogP contribution < -0.4 is 5.32 Å². The van der Waals surface area contributed by atoms with Gasteiger partial charge < -0.3 is 15.0 Å². The molecule has 1 amide bonds. The van der Waals surface area contributed by atoms with Crippen molar-refractivity contribution < 1.29 is 18.7 Å². The molecule has 0 unspecified atom stereocenters. The SMILES string of the molecule is Cn1cncc1CCC(=O)Nc1c(O)cc(F)cc1F. The highest BCUT2D eigenvalue weighted by Gasteiger charge is 2.14. The molecule has 2 aromatic rings. The molecule has 1 aromatic heterocycles. The van der Waals surface area contributed by atoms with Crippen LogP contribution in [-0.2, 0) is 18.3 Å². The fourth-order valence-corrected chi connectivity index (χ4v) is 1.75. The van der Waals surface area contributed by atoms with Crippen LogP contribution in [0.5, 0.6) is 5.75 Å². The Hall–Kier alpha value is -2.44. The smallest absolute Gasteiger partial charge is 0.224 e. The van der Waals surface area contributed by atoms with Crippen molar-refractivity contribution in [3.05, 3.63) is 42.0 Å². The van der Waals surface area contributed by atoms with Gasteiger partial charge in [0, 0.05) is 37.5 Å². The highest BCUT2D eigenvalue weighted by molar-refractivity contribution is 5.92. The second-order valence-electron chi connectivity index (χ2n) is 4.33. The molecule has 0 aliphatic rings. The molecule has 0 fully saturated rings. The molecule has 0 aliphatic heterocycles. The molecule has 0 atom stereocenters. The van der Waals surface area contributed by atoms with E-state index < -0.39 is 29.0 Å². The van der Waals surface area contributed by atoms with Gasteiger partial charge in [0.05, 0.1) is 6.33 Å². The number of carbonyl (C=O) groups excluding carboxylic acids is 1. The number of anilines is 1. The van der Waals surface area contributed by atoms with Crippen LogP contribution in [0.2, 0.25) is 0 Å². The van der Waals surface area contributed by atoms with Crippen molar-refractivity contribution in [1.82, 2.24) is 9.55 Å². The number of nitrogens with zero attached hydrogens (tertiary/aromatic N) is 2. The third-order valence-electron chi connectivity index (χ3n) is 2.82. The summed E-state index contributed by atoms with van der Waals surface area (Å²) in [6.07, 6.45) is 3.75. The molecule has 20 heavy (non-hydrogen) atoms. The Kier molecular flexibility index (Phi) is 3.97. The number of phenolic OH excluding ortho intramolecular Hbond substituents is 1. The maximum atomic E-state index is 13.4. The van der Waals surface area contributed by atoms with Crippen molar-refractivity contribution in [2.75, 3.05) is 5.32 Å². The average molecular weight is 281 g/mol. The van der Waals surface area contributed by atoms with E-state index in [1.807, 2.05) is 0 Å². The predicted molar refractivity (Wildman–Crippen MR) is 68.2 cm³/mol. The highest BCUT2D eigenvalue weighted by Crippen LogP contribution is 2.27. The lowest BCUT2D eigenvalue weighted by molar-refractivity contribution is -0.116. The van der Waals surface area contributed by atoms with Crippen LogP contribution in [0.15, 0.2) is 24.7 Å². The van der Waals surface area contributed by atoms with Gasteiger partial charge in [-0.3, -0.25) is 4.79 Å². The largest absolute Gasteiger partial charge is 0.506 e. The molecule has 0 aliphatic carbocycles. The number of halogens is 2. The van der Waals surface area contributed by atoms with Gasteiger partial charge in [-0.25, -0.2) is 13.8 Å². The maximum absolute atomic E-state index is 13.4. The number of phenols is 1. The first kappa shape index (κ1) is 14.0. The van der Waals surface area contributed by atoms with Crippen LogP contribution in [0.3, 0.4) is 0 Å². The summed E-state index contributed by atoms with van der Waals surface area (Å²) in [5.41, 5.74) is 0.436. The zero-order valence-corrected chi connectivity index (χ0v) is 10.7. The minimum absolute atomic E-state index is 0.0930. The van der Waals surface area contributed by atoms with Crippen molar-refractivity contribution in [3.63, 3.8) is 0 Å². The Bertz CT molecular complexity index is 617. The summed E-state index contributed by atoms with van der Waals surface area (Å²) in [5, 5.41) is 11.6. The van der Waals surface area contributed by atoms with Gasteiger partial charge in [-0.1, -0.05) is 0 Å². The zero-order chi connectivity index (χ0) is 14.7. The van der Waals surface area contributed by atoms with E-state index in [-0.39, 0.29) is 6.42 Å². The van der Waals surface area contributed by atoms with E-state index in [0.29, 0.717) is 12.5 Å². The summed E-state index contributed by atoms with van der Waals surface area (Å²) < 4.78 is 28.0. The highest BCUT2D eigenvalue weighted by atomic mass is 19.1. The number of rotatable bonds is 4. The molecular formula is C13H13F2N3O2. The number of aromatic hydroxyl groups is 1. The molecule has 106 valence electrons. The second kappa shape index (κ2) is 5.68. The van der Waals surface area contributed by atoms with Gasteiger partial charge in [-0.2, -0.15) is 0 Å². The summed E-state index contributed by atoms with van der Waals surface area (Å²) in [4.78, 5) is 15.6. The minimum Gasteiger partial charge on any atom is -0.506 e.